The summed E-state index contributed by atoms with van der Waals surface area (Å²) >= 11 is 0. The minimum Gasteiger partial charge on any atom is -0.330 e. The predicted octanol–water partition coefficient (Wildman–Crippen LogP) is 3.57. The van der Waals surface area contributed by atoms with Crippen molar-refractivity contribution in [3.8, 4) is 0 Å². The van der Waals surface area contributed by atoms with Crippen LogP contribution in [0.15, 0.2) is 36.5 Å². The summed E-state index contributed by atoms with van der Waals surface area (Å²) in [7, 11) is 0. The molecule has 1 heterocycles. The molecule has 2 aromatic rings. The molecule has 3 nitrogen and oxygen atoms in total. The smallest absolute Gasteiger partial charge is 0.163 e. The molecule has 1 atom stereocenters. The highest BCUT2D eigenvalue weighted by molar-refractivity contribution is 6.07. The average Bonchev–Trinajstić information content (AvgIpc) is 2.50. The number of pyridine rings is 1. The number of aromatic nitrogens is 1. The van der Waals surface area contributed by atoms with Crippen molar-refractivity contribution < 1.29 is 4.79 Å². The Hall–Kier alpha value is -1.74. The first-order chi connectivity index (χ1) is 9.76. The van der Waals surface area contributed by atoms with E-state index in [1.54, 1.807) is 6.20 Å². The van der Waals surface area contributed by atoms with Crippen molar-refractivity contribution in [3.05, 3.63) is 42.1 Å². The molecule has 2 N–H and O–H groups in total. The lowest BCUT2D eigenvalue weighted by atomic mass is 9.93. The van der Waals surface area contributed by atoms with Gasteiger partial charge in [0.1, 0.15) is 0 Å². The van der Waals surface area contributed by atoms with Crippen LogP contribution in [-0.4, -0.2) is 17.3 Å². The molecular weight excluding hydrogens is 248 g/mol. The highest BCUT2D eigenvalue weighted by Crippen LogP contribution is 2.21. The monoisotopic (exact) mass is 270 g/mol. The minimum absolute atomic E-state index is 0.207. The molecule has 1 unspecified atom stereocenters. The number of ketones is 1. The first-order valence-corrected chi connectivity index (χ1v) is 7.33. The molecule has 2 rings (SSSR count). The van der Waals surface area contributed by atoms with Crippen molar-refractivity contribution in [2.75, 3.05) is 6.54 Å². The molecule has 0 spiro atoms. The van der Waals surface area contributed by atoms with E-state index in [1.807, 2.05) is 30.3 Å². The molecule has 20 heavy (non-hydrogen) atoms. The van der Waals surface area contributed by atoms with Gasteiger partial charge in [-0.1, -0.05) is 31.5 Å². The Morgan fingerprint density at radius 1 is 1.25 bits per heavy atom. The summed E-state index contributed by atoms with van der Waals surface area (Å²) in [5.74, 6) is 0.760. The van der Waals surface area contributed by atoms with E-state index in [0.717, 1.165) is 35.7 Å². The van der Waals surface area contributed by atoms with E-state index in [9.17, 15) is 4.79 Å². The van der Waals surface area contributed by atoms with Crippen molar-refractivity contribution >= 4 is 16.7 Å². The first-order valence-electron chi connectivity index (χ1n) is 7.33. The van der Waals surface area contributed by atoms with Crippen LogP contribution in [0, 0.1) is 5.92 Å². The Bertz CT molecular complexity index is 575. The second-order valence-electron chi connectivity index (χ2n) is 5.19. The quantitative estimate of drug-likeness (QED) is 0.782. The highest BCUT2D eigenvalue weighted by Gasteiger charge is 2.13. The Morgan fingerprint density at radius 2 is 2.10 bits per heavy atom. The molecule has 3 heteroatoms. The zero-order chi connectivity index (χ0) is 14.4. The van der Waals surface area contributed by atoms with Gasteiger partial charge in [0.25, 0.3) is 0 Å². The van der Waals surface area contributed by atoms with Gasteiger partial charge in [-0.2, -0.15) is 0 Å². The third-order valence-electron chi connectivity index (χ3n) is 3.88. The predicted molar refractivity (Wildman–Crippen MR) is 82.8 cm³/mol. The number of nitrogens with two attached hydrogens (primary N) is 1. The topological polar surface area (TPSA) is 56.0 Å². The van der Waals surface area contributed by atoms with Crippen LogP contribution in [0.5, 0.6) is 0 Å². The minimum atomic E-state index is 0.207. The Kier molecular flexibility index (Phi) is 5.24. The van der Waals surface area contributed by atoms with Gasteiger partial charge in [0, 0.05) is 23.6 Å². The summed E-state index contributed by atoms with van der Waals surface area (Å²) in [5.41, 5.74) is 7.28. The fraction of sp³-hybridized carbons (Fsp3) is 0.412. The average molecular weight is 270 g/mol. The number of rotatable bonds is 7. The van der Waals surface area contributed by atoms with Crippen LogP contribution in [0.3, 0.4) is 0 Å². The summed E-state index contributed by atoms with van der Waals surface area (Å²) in [6.07, 6.45) is 5.35. The van der Waals surface area contributed by atoms with E-state index in [1.165, 1.54) is 0 Å². The molecule has 0 fully saturated rings. The number of hydrogen-bond acceptors (Lipinski definition) is 3. The maximum Gasteiger partial charge on any atom is 0.163 e. The van der Waals surface area contributed by atoms with Gasteiger partial charge in [-0.05, 0) is 37.4 Å². The molecule has 0 saturated carbocycles. The molecule has 0 radical (unpaired) electrons. The lowest BCUT2D eigenvalue weighted by Gasteiger charge is -2.13. The zero-order valence-electron chi connectivity index (χ0n) is 12.0. The molecule has 0 aliphatic rings. The van der Waals surface area contributed by atoms with E-state index in [-0.39, 0.29) is 5.78 Å². The van der Waals surface area contributed by atoms with Crippen molar-refractivity contribution in [3.63, 3.8) is 0 Å². The van der Waals surface area contributed by atoms with Crippen LogP contribution >= 0.6 is 0 Å². The second kappa shape index (κ2) is 7.15. The number of nitrogens with zero attached hydrogens (tertiary/aromatic N) is 1. The van der Waals surface area contributed by atoms with Crippen LogP contribution in [-0.2, 0) is 0 Å². The number of hydrogen-bond donors (Lipinski definition) is 1. The van der Waals surface area contributed by atoms with Gasteiger partial charge in [0.05, 0.1) is 5.52 Å². The molecule has 0 saturated heterocycles. The van der Waals surface area contributed by atoms with Crippen LogP contribution in [0.4, 0.5) is 0 Å². The molecule has 0 aliphatic carbocycles. The molecule has 0 aliphatic heterocycles. The SMILES string of the molecule is CCC(CCN)CCC(=O)c1cccc2ncccc12. The zero-order valence-corrected chi connectivity index (χ0v) is 12.0. The normalized spacial score (nSPS) is 12.5. The van der Waals surface area contributed by atoms with Crippen molar-refractivity contribution in [1.29, 1.82) is 0 Å². The molecule has 1 aromatic carbocycles. The standard InChI is InChI=1S/C17H22N2O/c1-2-13(10-11-18)8-9-17(20)15-5-3-7-16-14(15)6-4-12-19-16/h3-7,12-13H,2,8-11,18H2,1H3. The molecule has 0 amide bonds. The lowest BCUT2D eigenvalue weighted by Crippen LogP contribution is -2.10. The van der Waals surface area contributed by atoms with Gasteiger partial charge >= 0.3 is 0 Å². The fourth-order valence-corrected chi connectivity index (χ4v) is 2.60. The first kappa shape index (κ1) is 14.7. The number of carbonyl (C=O) groups is 1. The Labute approximate surface area is 120 Å². The van der Waals surface area contributed by atoms with Gasteiger partial charge in [-0.15, -0.1) is 0 Å². The van der Waals surface area contributed by atoms with Gasteiger partial charge < -0.3 is 5.73 Å². The van der Waals surface area contributed by atoms with E-state index in [4.69, 9.17) is 5.73 Å². The highest BCUT2D eigenvalue weighted by atomic mass is 16.1. The molecular formula is C17H22N2O. The Morgan fingerprint density at radius 3 is 2.85 bits per heavy atom. The van der Waals surface area contributed by atoms with Crippen LogP contribution in [0.1, 0.15) is 43.0 Å². The lowest BCUT2D eigenvalue weighted by molar-refractivity contribution is 0.0974. The Balaban J connectivity index is 2.11. The van der Waals surface area contributed by atoms with Crippen molar-refractivity contribution in [1.82, 2.24) is 4.98 Å². The van der Waals surface area contributed by atoms with Crippen LogP contribution in [0.2, 0.25) is 0 Å². The van der Waals surface area contributed by atoms with Gasteiger partial charge in [-0.25, -0.2) is 0 Å². The van der Waals surface area contributed by atoms with Gasteiger partial charge in [0.2, 0.25) is 0 Å². The van der Waals surface area contributed by atoms with Crippen LogP contribution in [0.25, 0.3) is 10.9 Å². The molecule has 0 bridgehead atoms. The summed E-state index contributed by atoms with van der Waals surface area (Å²) in [6.45, 7) is 2.86. The molecule has 106 valence electrons. The number of benzene rings is 1. The summed E-state index contributed by atoms with van der Waals surface area (Å²) in [5, 5.41) is 0.951. The third-order valence-corrected chi connectivity index (χ3v) is 3.88. The van der Waals surface area contributed by atoms with Crippen molar-refractivity contribution in [2.24, 2.45) is 11.7 Å². The van der Waals surface area contributed by atoms with Gasteiger partial charge in [0.15, 0.2) is 5.78 Å². The van der Waals surface area contributed by atoms with E-state index in [0.29, 0.717) is 18.9 Å². The third kappa shape index (κ3) is 3.42. The molecule has 1 aromatic heterocycles. The van der Waals surface area contributed by atoms with E-state index >= 15 is 0 Å². The maximum absolute atomic E-state index is 12.4. The summed E-state index contributed by atoms with van der Waals surface area (Å²) < 4.78 is 0. The fourth-order valence-electron chi connectivity index (χ4n) is 2.60. The second-order valence-corrected chi connectivity index (χ2v) is 5.19. The van der Waals surface area contributed by atoms with Gasteiger partial charge in [-0.3, -0.25) is 9.78 Å². The maximum atomic E-state index is 12.4. The van der Waals surface area contributed by atoms with Crippen LogP contribution < -0.4 is 5.73 Å². The summed E-state index contributed by atoms with van der Waals surface area (Å²) in [4.78, 5) is 16.7. The largest absolute Gasteiger partial charge is 0.330 e. The number of fused-ring (bicyclic) bond motifs is 1. The summed E-state index contributed by atoms with van der Waals surface area (Å²) in [6, 6.07) is 9.58. The van der Waals surface area contributed by atoms with Crippen molar-refractivity contribution in [2.45, 2.75) is 32.6 Å². The van der Waals surface area contributed by atoms with E-state index < -0.39 is 0 Å². The number of Topliss-reactive ketones (excluding diaryl/α,β-unsaturated/α-hetero) is 1. The van der Waals surface area contributed by atoms with E-state index in [2.05, 4.69) is 11.9 Å². The number of carbonyl (C=O) groups excluding carboxylic acids is 1.